The van der Waals surface area contributed by atoms with Crippen molar-refractivity contribution in [3.8, 4) is 0 Å². The van der Waals surface area contributed by atoms with Gasteiger partial charge in [0, 0.05) is 36.2 Å². The SMILES string of the molecule is CCS(=O)(=O)c1ccc([C@@H](CO)c2cc(N3CCCC(c4ccc(C(F)(F)F)cc4)C3)ccc2C(N)=O)cc1. The minimum atomic E-state index is -4.39. The molecule has 0 radical (unpaired) electrons. The van der Waals surface area contributed by atoms with Gasteiger partial charge >= 0.3 is 6.18 Å². The Bertz CT molecular complexity index is 1420. The van der Waals surface area contributed by atoms with Gasteiger partial charge in [-0.25, -0.2) is 8.42 Å². The van der Waals surface area contributed by atoms with Crippen molar-refractivity contribution in [2.75, 3.05) is 30.3 Å². The number of alkyl halides is 3. The topological polar surface area (TPSA) is 101 Å². The van der Waals surface area contributed by atoms with Crippen LogP contribution in [0.25, 0.3) is 0 Å². The van der Waals surface area contributed by atoms with Crippen LogP contribution in [0.15, 0.2) is 71.6 Å². The van der Waals surface area contributed by atoms with Crippen LogP contribution in [0.2, 0.25) is 0 Å². The molecule has 1 fully saturated rings. The molecule has 208 valence electrons. The quantitative estimate of drug-likeness (QED) is 0.399. The monoisotopic (exact) mass is 560 g/mol. The van der Waals surface area contributed by atoms with E-state index in [0.717, 1.165) is 42.8 Å². The molecular weight excluding hydrogens is 529 g/mol. The first kappa shape index (κ1) is 28.6. The lowest BCUT2D eigenvalue weighted by Crippen LogP contribution is -2.34. The number of primary amides is 1. The molecule has 10 heteroatoms. The van der Waals surface area contributed by atoms with Crippen molar-refractivity contribution < 1.29 is 31.5 Å². The number of sulfone groups is 1. The van der Waals surface area contributed by atoms with Crippen LogP contribution in [-0.4, -0.2) is 44.9 Å². The molecule has 0 aliphatic carbocycles. The van der Waals surface area contributed by atoms with Crippen molar-refractivity contribution in [1.29, 1.82) is 0 Å². The highest BCUT2D eigenvalue weighted by Crippen LogP contribution is 2.36. The molecule has 3 aromatic carbocycles. The average molecular weight is 561 g/mol. The number of carbonyl (C=O) groups excluding carboxylic acids is 1. The van der Waals surface area contributed by atoms with E-state index >= 15 is 0 Å². The van der Waals surface area contributed by atoms with Crippen LogP contribution < -0.4 is 10.6 Å². The van der Waals surface area contributed by atoms with Crippen LogP contribution in [0.4, 0.5) is 18.9 Å². The van der Waals surface area contributed by atoms with E-state index in [9.17, 15) is 31.5 Å². The molecular formula is C29H31F3N2O4S. The smallest absolute Gasteiger partial charge is 0.395 e. The molecule has 0 bridgehead atoms. The second-order valence-electron chi connectivity index (χ2n) is 9.75. The molecule has 0 saturated carbocycles. The van der Waals surface area contributed by atoms with Gasteiger partial charge in [0.05, 0.1) is 22.8 Å². The van der Waals surface area contributed by atoms with E-state index < -0.39 is 33.4 Å². The number of amides is 1. The highest BCUT2D eigenvalue weighted by molar-refractivity contribution is 7.91. The third-order valence-corrected chi connectivity index (χ3v) is 9.13. The number of hydrogen-bond donors (Lipinski definition) is 2. The Kier molecular flexibility index (Phi) is 8.37. The van der Waals surface area contributed by atoms with Crippen molar-refractivity contribution in [2.24, 2.45) is 5.73 Å². The molecule has 6 nitrogen and oxygen atoms in total. The summed E-state index contributed by atoms with van der Waals surface area (Å²) in [5, 5.41) is 10.3. The maximum absolute atomic E-state index is 13.0. The fraction of sp³-hybridized carbons (Fsp3) is 0.345. The average Bonchev–Trinajstić information content (AvgIpc) is 2.93. The molecule has 39 heavy (non-hydrogen) atoms. The Balaban J connectivity index is 1.64. The van der Waals surface area contributed by atoms with E-state index in [-0.39, 0.29) is 28.7 Å². The van der Waals surface area contributed by atoms with Crippen molar-refractivity contribution >= 4 is 21.4 Å². The van der Waals surface area contributed by atoms with Gasteiger partial charge in [-0.1, -0.05) is 31.2 Å². The van der Waals surface area contributed by atoms with Gasteiger partial charge in [0.25, 0.3) is 0 Å². The van der Waals surface area contributed by atoms with E-state index in [4.69, 9.17) is 5.73 Å². The number of anilines is 1. The maximum Gasteiger partial charge on any atom is 0.416 e. The van der Waals surface area contributed by atoms with Crippen LogP contribution in [0.3, 0.4) is 0 Å². The van der Waals surface area contributed by atoms with E-state index in [1.54, 1.807) is 31.2 Å². The Morgan fingerprint density at radius 3 is 2.31 bits per heavy atom. The summed E-state index contributed by atoms with van der Waals surface area (Å²) in [4.78, 5) is 14.6. The first-order valence-corrected chi connectivity index (χ1v) is 14.4. The van der Waals surface area contributed by atoms with Crippen molar-refractivity contribution in [3.05, 3.63) is 94.5 Å². The van der Waals surface area contributed by atoms with Gasteiger partial charge in [0.1, 0.15) is 0 Å². The van der Waals surface area contributed by atoms with Gasteiger partial charge in [0.15, 0.2) is 9.84 Å². The van der Waals surface area contributed by atoms with Gasteiger partial charge in [0.2, 0.25) is 5.91 Å². The maximum atomic E-state index is 13.0. The summed E-state index contributed by atoms with van der Waals surface area (Å²) in [7, 11) is -3.39. The van der Waals surface area contributed by atoms with Crippen molar-refractivity contribution in [1.82, 2.24) is 0 Å². The minimum absolute atomic E-state index is 0.0296. The van der Waals surface area contributed by atoms with Gasteiger partial charge < -0.3 is 15.7 Å². The second-order valence-corrected chi connectivity index (χ2v) is 12.0. The molecule has 1 saturated heterocycles. The van der Waals surface area contributed by atoms with Gasteiger partial charge in [-0.3, -0.25) is 4.79 Å². The van der Waals surface area contributed by atoms with E-state index in [0.29, 0.717) is 17.7 Å². The number of aliphatic hydroxyl groups is 1. The molecule has 3 aromatic rings. The van der Waals surface area contributed by atoms with Crippen molar-refractivity contribution in [2.45, 2.75) is 42.7 Å². The molecule has 1 amide bonds. The summed E-state index contributed by atoms with van der Waals surface area (Å²) in [5.74, 6) is -1.28. The van der Waals surface area contributed by atoms with Gasteiger partial charge in [-0.05, 0) is 72.0 Å². The Labute approximate surface area is 226 Å². The van der Waals surface area contributed by atoms with Crippen LogP contribution in [0.1, 0.15) is 64.2 Å². The fourth-order valence-electron chi connectivity index (χ4n) is 5.14. The zero-order valence-corrected chi connectivity index (χ0v) is 22.3. The Hall–Kier alpha value is -3.37. The highest BCUT2D eigenvalue weighted by atomic mass is 32.2. The van der Waals surface area contributed by atoms with Crippen LogP contribution >= 0.6 is 0 Å². The Morgan fingerprint density at radius 2 is 1.74 bits per heavy atom. The first-order chi connectivity index (χ1) is 18.4. The number of nitrogens with zero attached hydrogens (tertiary/aromatic N) is 1. The lowest BCUT2D eigenvalue weighted by Gasteiger charge is -2.35. The predicted molar refractivity (Wildman–Crippen MR) is 144 cm³/mol. The zero-order chi connectivity index (χ0) is 28.4. The standard InChI is InChI=1S/C29H31F3N2O4S/c1-2-39(37,38)24-12-7-20(8-13-24)27(18-35)26-16-23(11-14-25(26)28(33)36)34-15-3-4-21(17-34)19-5-9-22(10-6-19)29(30,31)32/h5-14,16,21,27,35H,2-4,15,17-18H2,1H3,(H2,33,36)/t21?,27-/m1/s1. The highest BCUT2D eigenvalue weighted by Gasteiger charge is 2.31. The van der Waals surface area contributed by atoms with Crippen LogP contribution in [0, 0.1) is 0 Å². The summed E-state index contributed by atoms with van der Waals surface area (Å²) in [5.41, 5.74) is 8.01. The number of rotatable bonds is 8. The third-order valence-electron chi connectivity index (χ3n) is 7.38. The molecule has 1 heterocycles. The fourth-order valence-corrected chi connectivity index (χ4v) is 6.03. The largest absolute Gasteiger partial charge is 0.416 e. The summed E-state index contributed by atoms with van der Waals surface area (Å²) >= 11 is 0. The minimum Gasteiger partial charge on any atom is -0.395 e. The summed E-state index contributed by atoms with van der Waals surface area (Å²) in [6.07, 6.45) is -2.72. The normalized spacial score (nSPS) is 17.2. The number of hydrogen-bond acceptors (Lipinski definition) is 5. The number of nitrogens with two attached hydrogens (primary N) is 1. The number of halogens is 3. The molecule has 1 aliphatic rings. The summed E-state index contributed by atoms with van der Waals surface area (Å²) in [6.45, 7) is 2.53. The Morgan fingerprint density at radius 1 is 1.08 bits per heavy atom. The number of carbonyl (C=O) groups is 1. The lowest BCUT2D eigenvalue weighted by molar-refractivity contribution is -0.137. The van der Waals surface area contributed by atoms with Crippen LogP contribution in [-0.2, 0) is 16.0 Å². The second kappa shape index (κ2) is 11.4. The van der Waals surface area contributed by atoms with E-state index in [2.05, 4.69) is 4.90 Å². The third kappa shape index (κ3) is 6.28. The molecule has 1 aliphatic heterocycles. The van der Waals surface area contributed by atoms with Crippen molar-refractivity contribution in [3.63, 3.8) is 0 Å². The molecule has 4 rings (SSSR count). The number of aliphatic hydroxyl groups excluding tert-OH is 1. The summed E-state index contributed by atoms with van der Waals surface area (Å²) in [6, 6.07) is 16.7. The molecule has 1 unspecified atom stereocenters. The van der Waals surface area contributed by atoms with Gasteiger partial charge in [-0.15, -0.1) is 0 Å². The molecule has 2 atom stereocenters. The molecule has 0 spiro atoms. The number of piperidine rings is 1. The number of benzene rings is 3. The van der Waals surface area contributed by atoms with Crippen LogP contribution in [0.5, 0.6) is 0 Å². The lowest BCUT2D eigenvalue weighted by atomic mass is 9.87. The summed E-state index contributed by atoms with van der Waals surface area (Å²) < 4.78 is 63.4. The first-order valence-electron chi connectivity index (χ1n) is 12.7. The predicted octanol–water partition coefficient (Wildman–Crippen LogP) is 5.11. The van der Waals surface area contributed by atoms with E-state index in [1.807, 2.05) is 6.07 Å². The van der Waals surface area contributed by atoms with Gasteiger partial charge in [-0.2, -0.15) is 13.2 Å². The molecule has 0 aromatic heterocycles. The van der Waals surface area contributed by atoms with E-state index in [1.165, 1.54) is 24.3 Å². The molecule has 3 N–H and O–H groups in total. The zero-order valence-electron chi connectivity index (χ0n) is 21.5.